The van der Waals surface area contributed by atoms with Crippen LogP contribution in [-0.4, -0.2) is 105 Å². The van der Waals surface area contributed by atoms with Crippen molar-refractivity contribution < 1.29 is 38.1 Å². The van der Waals surface area contributed by atoms with Crippen LogP contribution >= 0.6 is 11.8 Å². The zero-order valence-corrected chi connectivity index (χ0v) is 33.2. The largest absolute Gasteiger partial charge is 0.382 e. The summed E-state index contributed by atoms with van der Waals surface area (Å²) in [5.74, 6) is -0.510. The number of carbonyl (C=O) groups is 4. The van der Waals surface area contributed by atoms with Crippen molar-refractivity contribution in [1.29, 1.82) is 0 Å². The highest BCUT2D eigenvalue weighted by molar-refractivity contribution is 8.00. The van der Waals surface area contributed by atoms with Gasteiger partial charge in [0.1, 0.15) is 17.7 Å². The second-order valence-electron chi connectivity index (χ2n) is 14.6. The SMILES string of the molecule is COCCOCCOCCS[C@@H](CCc1ccccc1)C(=O)N[C@@H](CC(C)C)C(=O)N[C@@H](Cc1ccccc1)C(=O)N[C@@H](CC(C)C)C(=O)[C@@]1(C)CO1. The number of ether oxygens (including phenoxy) is 4. The van der Waals surface area contributed by atoms with Crippen molar-refractivity contribution in [2.45, 2.75) is 95.7 Å². The normalized spacial score (nSPS) is 17.5. The third-order valence-corrected chi connectivity index (χ3v) is 10.1. The maximum absolute atomic E-state index is 14.1. The molecule has 0 spiro atoms. The molecule has 1 aliphatic rings. The highest BCUT2D eigenvalue weighted by Gasteiger charge is 2.50. The standard InChI is InChI=1S/C41H61N3O8S/c1-29(2)25-33(37(45)41(5)28-52-41)42-39(47)35(27-32-15-11-8-12-16-32)43-38(46)34(26-30(3)4)44-40(48)36(18-17-31-13-9-7-10-14-31)53-24-23-51-22-21-50-20-19-49-6/h7-16,29-30,33-36H,17-28H2,1-6H3,(H,42,47)(H,43,46)(H,44,48)/t33-,34-,35-,36-,41+/m0/s1. The van der Waals surface area contributed by atoms with Crippen molar-refractivity contribution in [3.63, 3.8) is 0 Å². The van der Waals surface area contributed by atoms with Gasteiger partial charge in [0.15, 0.2) is 5.78 Å². The molecule has 2 aromatic carbocycles. The van der Waals surface area contributed by atoms with Crippen LogP contribution in [0.2, 0.25) is 0 Å². The topological polar surface area (TPSA) is 145 Å². The van der Waals surface area contributed by atoms with Crippen LogP contribution in [0.25, 0.3) is 0 Å². The predicted octanol–water partition coefficient (Wildman–Crippen LogP) is 4.55. The molecule has 294 valence electrons. The Hall–Kier alpha value is -3.29. The summed E-state index contributed by atoms with van der Waals surface area (Å²) in [6.45, 7) is 12.4. The number of amides is 3. The lowest BCUT2D eigenvalue weighted by molar-refractivity contribution is -0.134. The Morgan fingerprint density at radius 1 is 0.717 bits per heavy atom. The summed E-state index contributed by atoms with van der Waals surface area (Å²) in [6.07, 6.45) is 2.30. The second kappa shape index (κ2) is 23.5. The number of aryl methyl sites for hydroxylation is 1. The predicted molar refractivity (Wildman–Crippen MR) is 209 cm³/mol. The number of carbonyl (C=O) groups excluding carboxylic acids is 4. The lowest BCUT2D eigenvalue weighted by atomic mass is 9.93. The van der Waals surface area contributed by atoms with Gasteiger partial charge in [-0.05, 0) is 55.6 Å². The zero-order chi connectivity index (χ0) is 38.6. The van der Waals surface area contributed by atoms with Gasteiger partial charge in [0.2, 0.25) is 17.7 Å². The molecule has 0 aliphatic carbocycles. The van der Waals surface area contributed by atoms with Gasteiger partial charge in [-0.2, -0.15) is 0 Å². The Balaban J connectivity index is 1.73. The van der Waals surface area contributed by atoms with Gasteiger partial charge in [0.25, 0.3) is 0 Å². The molecule has 3 rings (SSSR count). The fraction of sp³-hybridized carbons (Fsp3) is 0.610. The number of thioether (sulfide) groups is 1. The minimum atomic E-state index is -0.981. The van der Waals surface area contributed by atoms with Crippen molar-refractivity contribution in [3.05, 3.63) is 71.8 Å². The number of ketones is 1. The number of Topliss-reactive ketones (excluding diaryl/α,β-unsaturated/α-hetero) is 1. The Labute approximate surface area is 320 Å². The highest BCUT2D eigenvalue weighted by atomic mass is 32.2. The minimum Gasteiger partial charge on any atom is -0.382 e. The maximum atomic E-state index is 14.1. The van der Waals surface area contributed by atoms with Gasteiger partial charge in [0, 0.05) is 19.3 Å². The molecule has 0 aromatic heterocycles. The van der Waals surface area contributed by atoms with Gasteiger partial charge < -0.3 is 34.9 Å². The van der Waals surface area contributed by atoms with Crippen molar-refractivity contribution in [2.24, 2.45) is 11.8 Å². The first-order valence-corrected chi connectivity index (χ1v) is 19.9. The first-order chi connectivity index (χ1) is 25.4. The second-order valence-corrected chi connectivity index (χ2v) is 15.9. The smallest absolute Gasteiger partial charge is 0.243 e. The number of epoxide rings is 1. The highest BCUT2D eigenvalue weighted by Crippen LogP contribution is 2.30. The van der Waals surface area contributed by atoms with E-state index in [4.69, 9.17) is 18.9 Å². The van der Waals surface area contributed by atoms with Gasteiger partial charge in [-0.1, -0.05) is 88.4 Å². The average molecular weight is 756 g/mol. The zero-order valence-electron chi connectivity index (χ0n) is 32.4. The molecule has 0 saturated carbocycles. The summed E-state index contributed by atoms with van der Waals surface area (Å²) in [5.41, 5.74) is 1.07. The lowest BCUT2D eigenvalue weighted by Crippen LogP contribution is -2.58. The molecule has 1 fully saturated rings. The minimum absolute atomic E-state index is 0.0784. The van der Waals surface area contributed by atoms with E-state index in [1.165, 1.54) is 11.8 Å². The van der Waals surface area contributed by atoms with Crippen LogP contribution in [0.15, 0.2) is 60.7 Å². The van der Waals surface area contributed by atoms with Crippen molar-refractivity contribution in [1.82, 2.24) is 16.0 Å². The van der Waals surface area contributed by atoms with Gasteiger partial charge in [0.05, 0.1) is 50.9 Å². The fourth-order valence-corrected chi connectivity index (χ4v) is 6.84. The molecule has 3 N–H and O–H groups in total. The van der Waals surface area contributed by atoms with Crippen LogP contribution in [0.3, 0.4) is 0 Å². The number of hydrogen-bond acceptors (Lipinski definition) is 9. The maximum Gasteiger partial charge on any atom is 0.243 e. The Morgan fingerprint density at radius 2 is 1.23 bits per heavy atom. The fourth-order valence-electron chi connectivity index (χ4n) is 5.84. The molecule has 5 atom stereocenters. The average Bonchev–Trinajstić information content (AvgIpc) is 3.89. The summed E-state index contributed by atoms with van der Waals surface area (Å²) < 4.78 is 21.6. The van der Waals surface area contributed by atoms with Crippen molar-refractivity contribution in [3.8, 4) is 0 Å². The van der Waals surface area contributed by atoms with E-state index in [9.17, 15) is 19.2 Å². The number of rotatable bonds is 27. The monoisotopic (exact) mass is 755 g/mol. The molecule has 2 aromatic rings. The molecule has 1 heterocycles. The van der Waals surface area contributed by atoms with Crippen LogP contribution in [0.1, 0.15) is 65.0 Å². The van der Waals surface area contributed by atoms with Gasteiger partial charge in [-0.15, -0.1) is 11.8 Å². The quantitative estimate of drug-likeness (QED) is 0.0884. The first-order valence-electron chi connectivity index (χ1n) is 18.8. The molecule has 11 nitrogen and oxygen atoms in total. The van der Waals surface area contributed by atoms with Gasteiger partial charge in [-0.25, -0.2) is 0 Å². The molecule has 1 aliphatic heterocycles. The van der Waals surface area contributed by atoms with Crippen molar-refractivity contribution in [2.75, 3.05) is 52.5 Å². The molecule has 53 heavy (non-hydrogen) atoms. The Morgan fingerprint density at radius 3 is 1.81 bits per heavy atom. The van der Waals surface area contributed by atoms with E-state index in [1.54, 1.807) is 14.0 Å². The third kappa shape index (κ3) is 16.7. The summed E-state index contributed by atoms with van der Waals surface area (Å²) >= 11 is 1.50. The molecule has 0 unspecified atom stereocenters. The number of methoxy groups -OCH3 is 1. The molecule has 1 saturated heterocycles. The summed E-state index contributed by atoms with van der Waals surface area (Å²) in [5, 5.41) is 8.50. The van der Waals surface area contributed by atoms with Gasteiger partial charge in [-0.3, -0.25) is 19.2 Å². The van der Waals surface area contributed by atoms with Crippen LogP contribution in [0.4, 0.5) is 0 Å². The van der Waals surface area contributed by atoms with E-state index in [2.05, 4.69) is 16.0 Å². The summed E-state index contributed by atoms with van der Waals surface area (Å²) in [6, 6.07) is 16.8. The molecule has 3 amide bonds. The van der Waals surface area contributed by atoms with Crippen LogP contribution in [-0.2, 0) is 51.0 Å². The molecule has 0 bridgehead atoms. The third-order valence-electron chi connectivity index (χ3n) is 8.88. The Kier molecular flexibility index (Phi) is 19.5. The Bertz CT molecular complexity index is 1390. The van der Waals surface area contributed by atoms with E-state index >= 15 is 0 Å². The first kappa shape index (κ1) is 44.1. The molecule has 0 radical (unpaired) electrons. The van der Waals surface area contributed by atoms with Crippen LogP contribution < -0.4 is 16.0 Å². The van der Waals surface area contributed by atoms with Crippen LogP contribution in [0, 0.1) is 11.8 Å². The van der Waals surface area contributed by atoms with E-state index in [-0.39, 0.29) is 29.9 Å². The van der Waals surface area contributed by atoms with Crippen LogP contribution in [0.5, 0.6) is 0 Å². The van der Waals surface area contributed by atoms with Gasteiger partial charge >= 0.3 is 0 Å². The molecular weight excluding hydrogens is 695 g/mol. The van der Waals surface area contributed by atoms with E-state index in [0.717, 1.165) is 11.1 Å². The number of nitrogens with one attached hydrogen (secondary N) is 3. The number of benzene rings is 2. The number of hydrogen-bond donors (Lipinski definition) is 3. The summed E-state index contributed by atoms with van der Waals surface area (Å²) in [4.78, 5) is 55.3. The van der Waals surface area contributed by atoms with E-state index in [1.807, 2.05) is 88.4 Å². The molecular formula is C41H61N3O8S. The van der Waals surface area contributed by atoms with Crippen molar-refractivity contribution >= 4 is 35.3 Å². The lowest BCUT2D eigenvalue weighted by Gasteiger charge is -2.28. The molecule has 12 heteroatoms. The van der Waals surface area contributed by atoms with E-state index < -0.39 is 40.8 Å². The summed E-state index contributed by atoms with van der Waals surface area (Å²) in [7, 11) is 1.63. The van der Waals surface area contributed by atoms with E-state index in [0.29, 0.717) is 71.1 Å².